The van der Waals surface area contributed by atoms with E-state index in [1.165, 1.54) is 19.3 Å². The number of aromatic nitrogens is 3. The van der Waals surface area contributed by atoms with Crippen LogP contribution in [0.15, 0.2) is 6.20 Å². The number of fused-ring (bicyclic) bond motifs is 1. The molecule has 0 bridgehead atoms. The Bertz CT molecular complexity index is 374. The van der Waals surface area contributed by atoms with Crippen molar-refractivity contribution in [2.24, 2.45) is 24.3 Å². The van der Waals surface area contributed by atoms with Crippen molar-refractivity contribution in [1.82, 2.24) is 20.3 Å². The Morgan fingerprint density at radius 3 is 2.81 bits per heavy atom. The predicted octanol–water partition coefficient (Wildman–Crippen LogP) is 0.993. The Morgan fingerprint density at radius 1 is 1.50 bits per heavy atom. The van der Waals surface area contributed by atoms with Gasteiger partial charge in [-0.1, -0.05) is 5.21 Å². The second-order valence-electron chi connectivity index (χ2n) is 5.75. The van der Waals surface area contributed by atoms with Crippen molar-refractivity contribution >= 4 is 0 Å². The van der Waals surface area contributed by atoms with Crippen LogP contribution in [0.4, 0.5) is 0 Å². The van der Waals surface area contributed by atoms with Crippen molar-refractivity contribution in [2.45, 2.75) is 25.7 Å². The summed E-state index contributed by atoms with van der Waals surface area (Å²) in [6.45, 7) is 1.12. The standard InChI is InChI=1S/C12H20N4/c1-13-8-12(4-9-3-10(9)5-12)6-11-7-16(2)15-14-11/h7,9-10,13H,3-6,8H2,1-2H3. The maximum absolute atomic E-state index is 4.23. The fourth-order valence-electron chi connectivity index (χ4n) is 3.59. The largest absolute Gasteiger partial charge is 0.319 e. The Labute approximate surface area is 96.4 Å². The zero-order chi connectivity index (χ0) is 11.2. The molecule has 1 aromatic heterocycles. The topological polar surface area (TPSA) is 42.7 Å². The predicted molar refractivity (Wildman–Crippen MR) is 61.9 cm³/mol. The van der Waals surface area contributed by atoms with Crippen LogP contribution in [0.25, 0.3) is 0 Å². The number of nitrogens with zero attached hydrogens (tertiary/aromatic N) is 3. The summed E-state index contributed by atoms with van der Waals surface area (Å²) in [6.07, 6.45) is 7.39. The molecule has 0 spiro atoms. The summed E-state index contributed by atoms with van der Waals surface area (Å²) in [7, 11) is 4.00. The molecule has 1 aromatic rings. The molecule has 3 rings (SSSR count). The van der Waals surface area contributed by atoms with Crippen LogP contribution < -0.4 is 5.32 Å². The van der Waals surface area contributed by atoms with E-state index in [0.717, 1.165) is 30.5 Å². The van der Waals surface area contributed by atoms with E-state index in [1.807, 2.05) is 7.05 Å². The highest BCUT2D eigenvalue weighted by Crippen LogP contribution is 2.60. The lowest BCUT2D eigenvalue weighted by Crippen LogP contribution is -2.33. The minimum atomic E-state index is 0.457. The second kappa shape index (κ2) is 3.55. The van der Waals surface area contributed by atoms with Crippen molar-refractivity contribution in [3.05, 3.63) is 11.9 Å². The van der Waals surface area contributed by atoms with E-state index in [1.54, 1.807) is 4.68 Å². The molecule has 88 valence electrons. The van der Waals surface area contributed by atoms with Gasteiger partial charge in [-0.2, -0.15) is 0 Å². The van der Waals surface area contributed by atoms with E-state index in [9.17, 15) is 0 Å². The molecule has 2 aliphatic carbocycles. The molecule has 0 aliphatic heterocycles. The number of nitrogens with one attached hydrogen (secondary N) is 1. The molecule has 4 heteroatoms. The Kier molecular flexibility index (Phi) is 2.28. The van der Waals surface area contributed by atoms with Gasteiger partial charge in [0, 0.05) is 19.8 Å². The Morgan fingerprint density at radius 2 is 2.25 bits per heavy atom. The molecule has 2 aliphatic rings. The first-order chi connectivity index (χ1) is 7.71. The van der Waals surface area contributed by atoms with Crippen molar-refractivity contribution in [1.29, 1.82) is 0 Å². The molecule has 1 N–H and O–H groups in total. The van der Waals surface area contributed by atoms with Gasteiger partial charge in [-0.15, -0.1) is 5.10 Å². The molecule has 1 heterocycles. The van der Waals surface area contributed by atoms with Crippen LogP contribution in [-0.4, -0.2) is 28.6 Å². The maximum Gasteiger partial charge on any atom is 0.0833 e. The number of aryl methyl sites for hydroxylation is 1. The third kappa shape index (κ3) is 1.75. The van der Waals surface area contributed by atoms with Gasteiger partial charge < -0.3 is 5.32 Å². The molecular formula is C12H20N4. The smallest absolute Gasteiger partial charge is 0.0833 e. The van der Waals surface area contributed by atoms with Gasteiger partial charge in [0.05, 0.1) is 5.69 Å². The van der Waals surface area contributed by atoms with Crippen LogP contribution in [0.2, 0.25) is 0 Å². The van der Waals surface area contributed by atoms with E-state index in [4.69, 9.17) is 0 Å². The van der Waals surface area contributed by atoms with Gasteiger partial charge in [0.15, 0.2) is 0 Å². The fraction of sp³-hybridized carbons (Fsp3) is 0.833. The monoisotopic (exact) mass is 220 g/mol. The van der Waals surface area contributed by atoms with Crippen LogP contribution in [0.3, 0.4) is 0 Å². The highest BCUT2D eigenvalue weighted by molar-refractivity contribution is 5.09. The third-order valence-electron chi connectivity index (χ3n) is 4.22. The average Bonchev–Trinajstić information content (AvgIpc) is 2.67. The molecule has 2 unspecified atom stereocenters. The average molecular weight is 220 g/mol. The van der Waals surface area contributed by atoms with E-state index < -0.39 is 0 Å². The highest BCUT2D eigenvalue weighted by Gasteiger charge is 2.53. The molecular weight excluding hydrogens is 200 g/mol. The summed E-state index contributed by atoms with van der Waals surface area (Å²) in [6, 6.07) is 0. The molecule has 2 atom stereocenters. The zero-order valence-corrected chi connectivity index (χ0v) is 10.1. The van der Waals surface area contributed by atoms with Crippen LogP contribution >= 0.6 is 0 Å². The first kappa shape index (κ1) is 10.3. The summed E-state index contributed by atoms with van der Waals surface area (Å²) in [5.74, 6) is 2.04. The van der Waals surface area contributed by atoms with Crippen LogP contribution in [0.5, 0.6) is 0 Å². The van der Waals surface area contributed by atoms with Gasteiger partial charge in [-0.25, -0.2) is 0 Å². The summed E-state index contributed by atoms with van der Waals surface area (Å²) in [4.78, 5) is 0. The van der Waals surface area contributed by atoms with Crippen molar-refractivity contribution in [2.75, 3.05) is 13.6 Å². The summed E-state index contributed by atoms with van der Waals surface area (Å²) in [5.41, 5.74) is 1.61. The van der Waals surface area contributed by atoms with E-state index >= 15 is 0 Å². The van der Waals surface area contributed by atoms with E-state index in [-0.39, 0.29) is 0 Å². The van der Waals surface area contributed by atoms with Crippen molar-refractivity contribution in [3.63, 3.8) is 0 Å². The minimum Gasteiger partial charge on any atom is -0.319 e. The molecule has 0 amide bonds. The highest BCUT2D eigenvalue weighted by atomic mass is 15.4. The lowest BCUT2D eigenvalue weighted by Gasteiger charge is -2.29. The lowest BCUT2D eigenvalue weighted by atomic mass is 9.79. The lowest BCUT2D eigenvalue weighted by molar-refractivity contribution is 0.252. The molecule has 0 radical (unpaired) electrons. The summed E-state index contributed by atoms with van der Waals surface area (Å²) < 4.78 is 1.80. The zero-order valence-electron chi connectivity index (χ0n) is 10.1. The summed E-state index contributed by atoms with van der Waals surface area (Å²) >= 11 is 0. The van der Waals surface area contributed by atoms with Crippen LogP contribution in [0.1, 0.15) is 25.0 Å². The number of rotatable bonds is 4. The van der Waals surface area contributed by atoms with Crippen LogP contribution in [0, 0.1) is 17.3 Å². The Hall–Kier alpha value is -0.900. The molecule has 0 saturated heterocycles. The van der Waals surface area contributed by atoms with Crippen molar-refractivity contribution in [3.8, 4) is 0 Å². The van der Waals surface area contributed by atoms with Gasteiger partial charge >= 0.3 is 0 Å². The van der Waals surface area contributed by atoms with Crippen LogP contribution in [-0.2, 0) is 13.5 Å². The normalized spacial score (nSPS) is 36.4. The first-order valence-corrected chi connectivity index (χ1v) is 6.21. The van der Waals surface area contributed by atoms with E-state index in [0.29, 0.717) is 5.41 Å². The Balaban J connectivity index is 1.74. The van der Waals surface area contributed by atoms with Gasteiger partial charge in [0.2, 0.25) is 0 Å². The number of hydrogen-bond donors (Lipinski definition) is 1. The van der Waals surface area contributed by atoms with Gasteiger partial charge in [-0.3, -0.25) is 4.68 Å². The fourth-order valence-corrected chi connectivity index (χ4v) is 3.59. The molecule has 16 heavy (non-hydrogen) atoms. The molecule has 2 fully saturated rings. The van der Waals surface area contributed by atoms with Gasteiger partial charge in [0.1, 0.15) is 0 Å². The summed E-state index contributed by atoms with van der Waals surface area (Å²) in [5, 5.41) is 11.6. The number of hydrogen-bond acceptors (Lipinski definition) is 3. The quantitative estimate of drug-likeness (QED) is 0.823. The minimum absolute atomic E-state index is 0.457. The molecule has 4 nitrogen and oxygen atoms in total. The van der Waals surface area contributed by atoms with E-state index in [2.05, 4.69) is 28.9 Å². The first-order valence-electron chi connectivity index (χ1n) is 6.21. The maximum atomic E-state index is 4.23. The second-order valence-corrected chi connectivity index (χ2v) is 5.75. The molecule has 2 saturated carbocycles. The van der Waals surface area contributed by atoms with Gasteiger partial charge in [-0.05, 0) is 50.0 Å². The molecule has 0 aromatic carbocycles. The van der Waals surface area contributed by atoms with Crippen molar-refractivity contribution < 1.29 is 0 Å². The van der Waals surface area contributed by atoms with Gasteiger partial charge in [0.25, 0.3) is 0 Å². The third-order valence-corrected chi connectivity index (χ3v) is 4.22. The SMILES string of the molecule is CNCC1(Cc2cn(C)nn2)CC2CC2C1.